The summed E-state index contributed by atoms with van der Waals surface area (Å²) in [7, 11) is 0. The maximum absolute atomic E-state index is 12.7. The molecule has 0 aliphatic carbocycles. The molecule has 2 aromatic carbocycles. The quantitative estimate of drug-likeness (QED) is 0.282. The molecule has 0 radical (unpaired) electrons. The fourth-order valence-electron chi connectivity index (χ4n) is 3.49. The smallest absolute Gasteiger partial charge is 0.338 e. The Morgan fingerprint density at radius 3 is 1.50 bits per heavy atom. The summed E-state index contributed by atoms with van der Waals surface area (Å²) in [5, 5.41) is 1.36. The number of benzene rings is 2. The Bertz CT molecular complexity index is 941. The Morgan fingerprint density at radius 1 is 0.750 bits per heavy atom. The number of rotatable bonds is 14. The molecule has 0 spiro atoms. The first-order valence-corrected chi connectivity index (χ1v) is 12.0. The minimum absolute atomic E-state index is 0.227. The Kier molecular flexibility index (Phi) is 8.82. The van der Waals surface area contributed by atoms with Gasteiger partial charge in [0.2, 0.25) is 0 Å². The zero-order valence-corrected chi connectivity index (χ0v) is 19.9. The van der Waals surface area contributed by atoms with Crippen LogP contribution in [0.15, 0.2) is 36.4 Å². The molecule has 2 rings (SSSR count). The maximum Gasteiger partial charge on any atom is 0.338 e. The number of carbonyl (C=O) groups excluding carboxylic acids is 2. The SMILES string of the molecule is [2H]C([2H])(OC(=O)c1ccc2cc(C(=O)OC([2H])([2H])C(CC)CCCC)ccc2c1)C(CC)CCCC. The molecule has 0 aromatic heterocycles. The number of ether oxygens (including phenoxy) is 2. The summed E-state index contributed by atoms with van der Waals surface area (Å²) in [6.07, 6.45) is 6.09. The van der Waals surface area contributed by atoms with E-state index < -0.39 is 25.1 Å². The molecule has 0 saturated heterocycles. The number of hydrogen-bond acceptors (Lipinski definition) is 4. The predicted molar refractivity (Wildman–Crippen MR) is 131 cm³/mol. The average Bonchev–Trinajstić information content (AvgIpc) is 2.83. The van der Waals surface area contributed by atoms with Crippen molar-refractivity contribution in [2.75, 3.05) is 13.1 Å². The van der Waals surface area contributed by atoms with E-state index >= 15 is 0 Å². The monoisotopic (exact) mass is 444 g/mol. The third kappa shape index (κ3) is 7.96. The van der Waals surface area contributed by atoms with E-state index in [9.17, 15) is 9.59 Å². The lowest BCUT2D eigenvalue weighted by atomic mass is 10.0. The van der Waals surface area contributed by atoms with E-state index in [1.165, 1.54) is 0 Å². The number of carbonyl (C=O) groups is 2. The minimum Gasteiger partial charge on any atom is -0.462 e. The van der Waals surface area contributed by atoms with Gasteiger partial charge in [-0.25, -0.2) is 9.59 Å². The van der Waals surface area contributed by atoms with Gasteiger partial charge >= 0.3 is 11.9 Å². The van der Waals surface area contributed by atoms with Crippen molar-refractivity contribution in [2.45, 2.75) is 79.1 Å². The Labute approximate surface area is 199 Å². The summed E-state index contributed by atoms with van der Waals surface area (Å²) in [6.45, 7) is 3.75. The van der Waals surface area contributed by atoms with Crippen molar-refractivity contribution in [1.82, 2.24) is 0 Å². The second kappa shape index (κ2) is 13.9. The van der Waals surface area contributed by atoms with Crippen LogP contribution in [0.25, 0.3) is 10.8 Å². The first-order valence-electron chi connectivity index (χ1n) is 14.0. The molecule has 2 unspecified atom stereocenters. The third-order valence-electron chi connectivity index (χ3n) is 5.75. The lowest BCUT2D eigenvalue weighted by molar-refractivity contribution is 0.0419. The molecule has 0 aliphatic heterocycles. The first kappa shape index (κ1) is 20.3. The molecular formula is C28H40O4. The highest BCUT2D eigenvalue weighted by Gasteiger charge is 2.15. The first-order chi connectivity index (χ1) is 17.0. The number of hydrogen-bond donors (Lipinski definition) is 0. The van der Waals surface area contributed by atoms with Crippen molar-refractivity contribution in [1.29, 1.82) is 0 Å². The van der Waals surface area contributed by atoms with E-state index in [1.807, 2.05) is 27.7 Å². The lowest BCUT2D eigenvalue weighted by Gasteiger charge is -2.15. The van der Waals surface area contributed by atoms with Gasteiger partial charge in [0.25, 0.3) is 0 Å². The molecule has 2 atom stereocenters. The lowest BCUT2D eigenvalue weighted by Crippen LogP contribution is -2.14. The summed E-state index contributed by atoms with van der Waals surface area (Å²) in [5.41, 5.74) is 0.454. The molecule has 4 nitrogen and oxygen atoms in total. The molecule has 4 heteroatoms. The van der Waals surface area contributed by atoms with Gasteiger partial charge in [0.05, 0.1) is 29.7 Å². The van der Waals surface area contributed by atoms with Crippen LogP contribution in [0.5, 0.6) is 0 Å². The largest absolute Gasteiger partial charge is 0.462 e. The number of esters is 2. The topological polar surface area (TPSA) is 52.6 Å². The van der Waals surface area contributed by atoms with E-state index in [4.69, 9.17) is 15.0 Å². The van der Waals surface area contributed by atoms with Gasteiger partial charge < -0.3 is 9.47 Å². The van der Waals surface area contributed by atoms with E-state index in [0.29, 0.717) is 36.5 Å². The summed E-state index contributed by atoms with van der Waals surface area (Å²) in [5.74, 6) is -2.20. The van der Waals surface area contributed by atoms with Crippen LogP contribution in [-0.2, 0) is 9.47 Å². The maximum atomic E-state index is 12.7. The fraction of sp³-hybridized carbons (Fsp3) is 0.571. The molecule has 0 N–H and O–H groups in total. The number of fused-ring (bicyclic) bond motifs is 1. The van der Waals surface area contributed by atoms with E-state index in [0.717, 1.165) is 25.7 Å². The van der Waals surface area contributed by atoms with Crippen LogP contribution in [0.2, 0.25) is 0 Å². The second-order valence-electron chi connectivity index (χ2n) is 8.29. The van der Waals surface area contributed by atoms with Gasteiger partial charge in [-0.15, -0.1) is 0 Å². The van der Waals surface area contributed by atoms with Crippen LogP contribution in [0.4, 0.5) is 0 Å². The van der Waals surface area contributed by atoms with Gasteiger partial charge in [-0.3, -0.25) is 0 Å². The van der Waals surface area contributed by atoms with Gasteiger partial charge in [-0.05, 0) is 59.7 Å². The van der Waals surface area contributed by atoms with Crippen molar-refractivity contribution in [2.24, 2.45) is 11.8 Å². The van der Waals surface area contributed by atoms with Crippen molar-refractivity contribution >= 4 is 22.7 Å². The Morgan fingerprint density at radius 2 is 1.16 bits per heavy atom. The van der Waals surface area contributed by atoms with Crippen LogP contribution in [0, 0.1) is 11.8 Å². The normalized spacial score (nSPS) is 15.8. The highest BCUT2D eigenvalue weighted by molar-refractivity contribution is 5.99. The molecule has 2 aromatic rings. The summed E-state index contributed by atoms with van der Waals surface area (Å²) in [6, 6.07) is 9.62. The standard InChI is InChI=1S/C28H40O4/c1-5-9-11-21(7-3)19-31-27(29)25-15-13-24-18-26(16-14-23(24)17-25)28(30)32-20-22(8-4)12-10-6-2/h13-18,21-22H,5-12,19-20H2,1-4H3/i19D2,20D2. The second-order valence-corrected chi connectivity index (χ2v) is 8.29. The molecule has 0 bridgehead atoms. The Balaban J connectivity index is 2.16. The van der Waals surface area contributed by atoms with Crippen molar-refractivity contribution in [3.05, 3.63) is 47.5 Å². The fourth-order valence-corrected chi connectivity index (χ4v) is 3.49. The van der Waals surface area contributed by atoms with Gasteiger partial charge in [0, 0.05) is 0 Å². The summed E-state index contributed by atoms with van der Waals surface area (Å²) in [4.78, 5) is 25.4. The van der Waals surface area contributed by atoms with Crippen LogP contribution in [0.1, 0.15) is 105 Å². The van der Waals surface area contributed by atoms with E-state index in [-0.39, 0.29) is 23.0 Å². The van der Waals surface area contributed by atoms with E-state index in [1.54, 1.807) is 36.4 Å². The number of unbranched alkanes of at least 4 members (excludes halogenated alkanes) is 2. The van der Waals surface area contributed by atoms with Crippen LogP contribution in [-0.4, -0.2) is 25.1 Å². The van der Waals surface area contributed by atoms with E-state index in [2.05, 4.69) is 0 Å². The third-order valence-corrected chi connectivity index (χ3v) is 5.75. The highest BCUT2D eigenvalue weighted by Crippen LogP contribution is 2.21. The summed E-state index contributed by atoms with van der Waals surface area (Å²) >= 11 is 0. The molecule has 32 heavy (non-hydrogen) atoms. The van der Waals surface area contributed by atoms with Crippen molar-refractivity contribution < 1.29 is 24.5 Å². The Hall–Kier alpha value is -2.36. The average molecular weight is 445 g/mol. The minimum atomic E-state index is -2.06. The van der Waals surface area contributed by atoms with Crippen molar-refractivity contribution in [3.63, 3.8) is 0 Å². The zero-order chi connectivity index (χ0) is 26.9. The molecule has 0 heterocycles. The molecular weight excluding hydrogens is 400 g/mol. The van der Waals surface area contributed by atoms with Crippen molar-refractivity contribution in [3.8, 4) is 0 Å². The van der Waals surface area contributed by atoms with Gasteiger partial charge in [-0.2, -0.15) is 0 Å². The molecule has 176 valence electrons. The zero-order valence-electron chi connectivity index (χ0n) is 23.9. The van der Waals surface area contributed by atoms with Gasteiger partial charge in [0.15, 0.2) is 0 Å². The highest BCUT2D eigenvalue weighted by atomic mass is 16.5. The molecule has 0 amide bonds. The van der Waals surface area contributed by atoms with Gasteiger partial charge in [-0.1, -0.05) is 78.4 Å². The molecule has 0 aliphatic rings. The van der Waals surface area contributed by atoms with Crippen LogP contribution < -0.4 is 0 Å². The predicted octanol–water partition coefficient (Wildman–Crippen LogP) is 7.59. The van der Waals surface area contributed by atoms with Gasteiger partial charge in [0.1, 0.15) is 0 Å². The van der Waals surface area contributed by atoms with Crippen LogP contribution in [0.3, 0.4) is 0 Å². The molecule has 0 saturated carbocycles. The summed E-state index contributed by atoms with van der Waals surface area (Å²) < 4.78 is 43.7. The van der Waals surface area contributed by atoms with Crippen LogP contribution >= 0.6 is 0 Å². The molecule has 0 fully saturated rings.